The number of benzene rings is 1. The normalized spacial score (nSPS) is 10.4. The van der Waals surface area contributed by atoms with Gasteiger partial charge in [0.15, 0.2) is 9.54 Å². The summed E-state index contributed by atoms with van der Waals surface area (Å²) in [6.07, 6.45) is 0. The third-order valence-electron chi connectivity index (χ3n) is 2.19. The van der Waals surface area contributed by atoms with Gasteiger partial charge in [-0.15, -0.1) is 0 Å². The van der Waals surface area contributed by atoms with Crippen molar-refractivity contribution in [3.8, 4) is 0 Å². The van der Waals surface area contributed by atoms with Crippen LogP contribution >= 0.6 is 36.0 Å². The fourth-order valence-electron chi connectivity index (χ4n) is 1.37. The predicted molar refractivity (Wildman–Crippen MR) is 71.6 cm³/mol. The average molecular weight is 286 g/mol. The number of aromatic amines is 2. The van der Waals surface area contributed by atoms with Crippen LogP contribution in [-0.4, -0.2) is 14.5 Å². The Balaban J connectivity index is 2.43. The molecule has 0 saturated heterocycles. The summed E-state index contributed by atoms with van der Waals surface area (Å²) < 4.78 is 1.93. The van der Waals surface area contributed by atoms with Gasteiger partial charge in [0.05, 0.1) is 6.54 Å². The second-order valence-corrected chi connectivity index (χ2v) is 4.63. The predicted octanol–water partition coefficient (Wildman–Crippen LogP) is 2.67. The summed E-state index contributed by atoms with van der Waals surface area (Å²) in [6, 6.07) is 7.20. The van der Waals surface area contributed by atoms with Crippen molar-refractivity contribution in [3.05, 3.63) is 54.9 Å². The Kier molecular flexibility index (Phi) is 3.56. The molecule has 0 fully saturated rings. The minimum Gasteiger partial charge on any atom is -0.309 e. The van der Waals surface area contributed by atoms with Crippen LogP contribution in [0.3, 0.4) is 0 Å². The van der Waals surface area contributed by atoms with Gasteiger partial charge in [-0.25, -0.2) is 4.79 Å². The first-order valence-electron chi connectivity index (χ1n) is 4.74. The lowest BCUT2D eigenvalue weighted by molar-refractivity contribution is 0.681. The van der Waals surface area contributed by atoms with E-state index in [1.807, 2.05) is 12.1 Å². The number of nitrogens with zero attached hydrogens (tertiary/aromatic N) is 1. The van der Waals surface area contributed by atoms with Gasteiger partial charge >= 0.3 is 5.69 Å². The van der Waals surface area contributed by atoms with Gasteiger partial charge in [-0.05, 0) is 42.1 Å². The second-order valence-electron chi connectivity index (χ2n) is 3.40. The maximum Gasteiger partial charge on any atom is 0.330 e. The summed E-state index contributed by atoms with van der Waals surface area (Å²) in [4.78, 5) is 16.9. The lowest BCUT2D eigenvalue weighted by atomic mass is 10.2. The van der Waals surface area contributed by atoms with E-state index >= 15 is 0 Å². The molecule has 0 radical (unpaired) electrons. The van der Waals surface area contributed by atoms with Crippen molar-refractivity contribution < 1.29 is 0 Å². The highest BCUT2D eigenvalue weighted by Crippen LogP contribution is 2.09. The zero-order valence-electron chi connectivity index (χ0n) is 8.57. The molecule has 2 N–H and O–H groups in total. The molecule has 1 heterocycles. The van der Waals surface area contributed by atoms with E-state index in [0.717, 1.165) is 5.56 Å². The molecule has 0 aliphatic carbocycles. The van der Waals surface area contributed by atoms with E-state index in [4.69, 9.17) is 36.0 Å². The third-order valence-corrected chi connectivity index (χ3v) is 2.96. The molecule has 88 valence electrons. The minimum atomic E-state index is -0.325. The summed E-state index contributed by atoms with van der Waals surface area (Å²) in [5.41, 5.74) is 0.607. The molecule has 0 spiro atoms. The standard InChI is InChI=1S/C10H8ClN3OS2/c11-7-3-1-6(2-4-7)5-14-9(15)12-8(16)13-10(14)17/h1-4H,5H2,(H2,12,13,15,16,17). The Morgan fingerprint density at radius 2 is 1.82 bits per heavy atom. The molecular weight excluding hydrogens is 278 g/mol. The van der Waals surface area contributed by atoms with E-state index < -0.39 is 0 Å². The molecule has 2 rings (SSSR count). The summed E-state index contributed by atoms with van der Waals surface area (Å²) in [6.45, 7) is 0.372. The molecule has 0 bridgehead atoms. The number of rotatable bonds is 2. The number of H-pyrrole nitrogens is 2. The number of hydrogen-bond donors (Lipinski definition) is 2. The first-order valence-corrected chi connectivity index (χ1v) is 5.93. The Morgan fingerprint density at radius 1 is 1.18 bits per heavy atom. The average Bonchev–Trinajstić information content (AvgIpc) is 2.26. The van der Waals surface area contributed by atoms with Crippen LogP contribution in [0.1, 0.15) is 5.56 Å². The van der Waals surface area contributed by atoms with Gasteiger partial charge in [-0.3, -0.25) is 9.55 Å². The summed E-state index contributed by atoms with van der Waals surface area (Å²) in [7, 11) is 0. The lowest BCUT2D eigenvalue weighted by Crippen LogP contribution is -2.25. The third kappa shape index (κ3) is 2.91. The monoisotopic (exact) mass is 285 g/mol. The number of hydrogen-bond acceptors (Lipinski definition) is 3. The van der Waals surface area contributed by atoms with E-state index in [2.05, 4.69) is 9.97 Å². The lowest BCUT2D eigenvalue weighted by Gasteiger charge is -2.05. The van der Waals surface area contributed by atoms with Gasteiger partial charge in [0, 0.05) is 5.02 Å². The SMILES string of the molecule is O=c1[nH]c(=S)[nH]c(=S)n1Cc1ccc(Cl)cc1. The Hall–Kier alpha value is -1.24. The number of nitrogens with one attached hydrogen (secondary N) is 2. The quantitative estimate of drug-likeness (QED) is 0.834. The Labute approximate surface area is 112 Å². The van der Waals surface area contributed by atoms with Crippen molar-refractivity contribution in [1.29, 1.82) is 0 Å². The van der Waals surface area contributed by atoms with Crippen molar-refractivity contribution in [1.82, 2.24) is 14.5 Å². The summed E-state index contributed by atoms with van der Waals surface area (Å²) in [5, 5.41) is 0.652. The van der Waals surface area contributed by atoms with Crippen LogP contribution in [0.5, 0.6) is 0 Å². The van der Waals surface area contributed by atoms with Crippen LogP contribution < -0.4 is 5.69 Å². The van der Waals surface area contributed by atoms with Crippen molar-refractivity contribution in [2.24, 2.45) is 0 Å². The van der Waals surface area contributed by atoms with Crippen LogP contribution in [0.2, 0.25) is 5.02 Å². The molecule has 7 heteroatoms. The van der Waals surface area contributed by atoms with Crippen molar-refractivity contribution in [2.45, 2.75) is 6.54 Å². The van der Waals surface area contributed by atoms with Gasteiger partial charge in [0.1, 0.15) is 0 Å². The molecule has 0 atom stereocenters. The number of halogens is 1. The maximum atomic E-state index is 11.7. The van der Waals surface area contributed by atoms with Crippen LogP contribution in [0.15, 0.2) is 29.1 Å². The fraction of sp³-hybridized carbons (Fsp3) is 0.100. The Bertz CT molecular complexity index is 665. The van der Waals surface area contributed by atoms with Gasteiger partial charge in [-0.2, -0.15) is 0 Å². The molecule has 4 nitrogen and oxygen atoms in total. The van der Waals surface area contributed by atoms with E-state index in [1.165, 1.54) is 4.57 Å². The molecule has 0 unspecified atom stereocenters. The number of aromatic nitrogens is 3. The maximum absolute atomic E-state index is 11.7. The topological polar surface area (TPSA) is 53.6 Å². The zero-order valence-corrected chi connectivity index (χ0v) is 11.0. The first-order chi connectivity index (χ1) is 8.06. The smallest absolute Gasteiger partial charge is 0.309 e. The van der Waals surface area contributed by atoms with Crippen LogP contribution in [0.25, 0.3) is 0 Å². The van der Waals surface area contributed by atoms with Crippen LogP contribution in [-0.2, 0) is 6.54 Å². The summed E-state index contributed by atoms with van der Waals surface area (Å²) >= 11 is 15.6. The van der Waals surface area contributed by atoms with Crippen molar-refractivity contribution >= 4 is 36.0 Å². The van der Waals surface area contributed by atoms with Gasteiger partial charge in [0.2, 0.25) is 0 Å². The highest BCUT2D eigenvalue weighted by Gasteiger charge is 2.00. The van der Waals surface area contributed by atoms with E-state index in [9.17, 15) is 4.79 Å². The highest BCUT2D eigenvalue weighted by molar-refractivity contribution is 7.71. The van der Waals surface area contributed by atoms with Crippen molar-refractivity contribution in [2.75, 3.05) is 0 Å². The van der Waals surface area contributed by atoms with Gasteiger partial charge in [0.25, 0.3) is 0 Å². The molecule has 0 saturated carbocycles. The molecule has 0 aliphatic rings. The second kappa shape index (κ2) is 4.95. The zero-order chi connectivity index (χ0) is 12.4. The molecule has 0 aliphatic heterocycles. The molecule has 1 aromatic carbocycles. The van der Waals surface area contributed by atoms with Crippen LogP contribution in [0, 0.1) is 9.54 Å². The Morgan fingerprint density at radius 3 is 2.41 bits per heavy atom. The molecular formula is C10H8ClN3OS2. The molecule has 17 heavy (non-hydrogen) atoms. The fourth-order valence-corrected chi connectivity index (χ4v) is 1.99. The first kappa shape index (κ1) is 12.2. The van der Waals surface area contributed by atoms with Crippen molar-refractivity contribution in [3.63, 3.8) is 0 Å². The molecule has 0 amide bonds. The van der Waals surface area contributed by atoms with Gasteiger partial charge < -0.3 is 4.98 Å². The van der Waals surface area contributed by atoms with Gasteiger partial charge in [-0.1, -0.05) is 23.7 Å². The van der Waals surface area contributed by atoms with Crippen LogP contribution in [0.4, 0.5) is 0 Å². The molecule has 1 aromatic heterocycles. The van der Waals surface area contributed by atoms with E-state index in [1.54, 1.807) is 12.1 Å². The largest absolute Gasteiger partial charge is 0.330 e. The summed E-state index contributed by atoms with van der Waals surface area (Å²) in [5.74, 6) is 0. The van der Waals surface area contributed by atoms with E-state index in [-0.39, 0.29) is 10.5 Å². The van der Waals surface area contributed by atoms with E-state index in [0.29, 0.717) is 16.3 Å². The molecule has 2 aromatic rings. The minimum absolute atomic E-state index is 0.229. The highest BCUT2D eigenvalue weighted by atomic mass is 35.5.